The van der Waals surface area contributed by atoms with E-state index in [1.807, 2.05) is 19.1 Å². The van der Waals surface area contributed by atoms with Crippen molar-refractivity contribution in [2.24, 2.45) is 4.99 Å². The van der Waals surface area contributed by atoms with E-state index in [0.717, 1.165) is 57.3 Å². The number of para-hydroxylation sites is 1. The molecule has 0 saturated carbocycles. The molecule has 1 heterocycles. The summed E-state index contributed by atoms with van der Waals surface area (Å²) in [5.41, 5.74) is 1.00. The molecule has 2 N–H and O–H groups in total. The number of guanidine groups is 1. The van der Waals surface area contributed by atoms with Crippen molar-refractivity contribution < 1.29 is 9.47 Å². The molecule has 26 heavy (non-hydrogen) atoms. The monoisotopic (exact) mass is 475 g/mol. The molecule has 0 saturated heterocycles. The summed E-state index contributed by atoms with van der Waals surface area (Å²) < 4.78 is 11.5. The van der Waals surface area contributed by atoms with Crippen LogP contribution in [-0.2, 0) is 4.74 Å². The highest BCUT2D eigenvalue weighted by Gasteiger charge is 2.33. The summed E-state index contributed by atoms with van der Waals surface area (Å²) in [6, 6.07) is 8.46. The molecule has 2 rings (SSSR count). The number of hydrogen-bond donors (Lipinski definition) is 2. The number of hydrogen-bond acceptors (Lipinski definition) is 3. The zero-order valence-electron chi connectivity index (χ0n) is 16.5. The van der Waals surface area contributed by atoms with Gasteiger partial charge in [-0.3, -0.25) is 4.99 Å². The van der Waals surface area contributed by atoms with Gasteiger partial charge in [0.05, 0.1) is 6.04 Å². The molecule has 148 valence electrons. The second-order valence-electron chi connectivity index (χ2n) is 6.97. The van der Waals surface area contributed by atoms with E-state index in [0.29, 0.717) is 0 Å². The first kappa shape index (κ1) is 23.0. The number of ether oxygens (including phenoxy) is 2. The molecule has 1 aromatic carbocycles. The molecule has 1 aliphatic heterocycles. The molecule has 0 bridgehead atoms. The highest BCUT2D eigenvalue weighted by molar-refractivity contribution is 14.0. The SMILES string of the molecule is CCNC(=NCCCCOCC)NC1CC(C)(C)Oc2ccccc21.I. The highest BCUT2D eigenvalue weighted by atomic mass is 127. The predicted octanol–water partition coefficient (Wildman–Crippen LogP) is 4.28. The summed E-state index contributed by atoms with van der Waals surface area (Å²) in [4.78, 5) is 4.72. The van der Waals surface area contributed by atoms with Gasteiger partial charge in [0, 0.05) is 38.3 Å². The van der Waals surface area contributed by atoms with Crippen molar-refractivity contribution in [2.75, 3.05) is 26.3 Å². The van der Waals surface area contributed by atoms with Gasteiger partial charge in [-0.15, -0.1) is 24.0 Å². The summed E-state index contributed by atoms with van der Waals surface area (Å²) in [7, 11) is 0. The lowest BCUT2D eigenvalue weighted by Crippen LogP contribution is -2.45. The Labute approximate surface area is 175 Å². The number of fused-ring (bicyclic) bond motifs is 1. The van der Waals surface area contributed by atoms with Crippen LogP contribution in [0.4, 0.5) is 0 Å². The van der Waals surface area contributed by atoms with Crippen LogP contribution < -0.4 is 15.4 Å². The topological polar surface area (TPSA) is 54.9 Å². The van der Waals surface area contributed by atoms with Crippen molar-refractivity contribution in [3.63, 3.8) is 0 Å². The largest absolute Gasteiger partial charge is 0.487 e. The summed E-state index contributed by atoms with van der Waals surface area (Å²) in [5, 5.41) is 6.96. The standard InChI is InChI=1S/C20H33N3O2.HI/c1-5-21-19(22-13-9-10-14-24-6-2)23-17-15-20(3,4)25-18-12-8-7-11-16(17)18;/h7-8,11-12,17H,5-6,9-10,13-15H2,1-4H3,(H2,21,22,23);1H. The number of nitrogens with zero attached hydrogens (tertiary/aromatic N) is 1. The van der Waals surface area contributed by atoms with Gasteiger partial charge in [-0.05, 0) is 46.6 Å². The van der Waals surface area contributed by atoms with E-state index in [-0.39, 0.29) is 35.6 Å². The van der Waals surface area contributed by atoms with Crippen LogP contribution in [0.25, 0.3) is 0 Å². The molecule has 0 fully saturated rings. The summed E-state index contributed by atoms with van der Waals surface area (Å²) >= 11 is 0. The molecular formula is C20H34IN3O2. The average Bonchev–Trinajstić information content (AvgIpc) is 2.57. The van der Waals surface area contributed by atoms with Crippen LogP contribution in [0.2, 0.25) is 0 Å². The van der Waals surface area contributed by atoms with Crippen LogP contribution in [-0.4, -0.2) is 37.9 Å². The summed E-state index contributed by atoms with van der Waals surface area (Å²) in [6.45, 7) is 11.6. The average molecular weight is 475 g/mol. The Kier molecular flexibility index (Phi) is 10.3. The normalized spacial score (nSPS) is 18.3. The van der Waals surface area contributed by atoms with Crippen molar-refractivity contribution in [1.29, 1.82) is 0 Å². The summed E-state index contributed by atoms with van der Waals surface area (Å²) in [6.07, 6.45) is 2.98. The minimum atomic E-state index is -0.194. The molecule has 5 nitrogen and oxygen atoms in total. The zero-order chi connectivity index (χ0) is 18.1. The Morgan fingerprint density at radius 2 is 2.04 bits per heavy atom. The maximum absolute atomic E-state index is 6.11. The van der Waals surface area contributed by atoms with Gasteiger partial charge in [-0.1, -0.05) is 18.2 Å². The lowest BCUT2D eigenvalue weighted by Gasteiger charge is -2.38. The minimum absolute atomic E-state index is 0. The van der Waals surface area contributed by atoms with E-state index in [9.17, 15) is 0 Å². The maximum atomic E-state index is 6.11. The lowest BCUT2D eigenvalue weighted by atomic mass is 9.90. The highest BCUT2D eigenvalue weighted by Crippen LogP contribution is 2.39. The molecule has 6 heteroatoms. The first-order valence-corrected chi connectivity index (χ1v) is 9.46. The van der Waals surface area contributed by atoms with E-state index in [4.69, 9.17) is 14.5 Å². The fraction of sp³-hybridized carbons (Fsp3) is 0.650. The van der Waals surface area contributed by atoms with Gasteiger partial charge < -0.3 is 20.1 Å². The van der Waals surface area contributed by atoms with E-state index < -0.39 is 0 Å². The number of unbranched alkanes of at least 4 members (excludes halogenated alkanes) is 1. The van der Waals surface area contributed by atoms with Gasteiger partial charge in [0.2, 0.25) is 0 Å². The Morgan fingerprint density at radius 1 is 1.27 bits per heavy atom. The maximum Gasteiger partial charge on any atom is 0.191 e. The van der Waals surface area contributed by atoms with Gasteiger partial charge in [0.25, 0.3) is 0 Å². The smallest absolute Gasteiger partial charge is 0.191 e. The van der Waals surface area contributed by atoms with Crippen molar-refractivity contribution in [2.45, 2.75) is 58.6 Å². The van der Waals surface area contributed by atoms with Gasteiger partial charge in [-0.25, -0.2) is 0 Å². The number of aliphatic imine (C=N–C) groups is 1. The van der Waals surface area contributed by atoms with Gasteiger partial charge >= 0.3 is 0 Å². The fourth-order valence-corrected chi connectivity index (χ4v) is 3.07. The van der Waals surface area contributed by atoms with Crippen LogP contribution >= 0.6 is 24.0 Å². The van der Waals surface area contributed by atoms with Gasteiger partial charge in [0.15, 0.2) is 5.96 Å². The number of halogens is 1. The van der Waals surface area contributed by atoms with Crippen LogP contribution in [0.5, 0.6) is 5.75 Å². The third-order valence-corrected chi connectivity index (χ3v) is 4.20. The number of benzene rings is 1. The molecule has 1 aliphatic rings. The molecule has 0 amide bonds. The quantitative estimate of drug-likeness (QED) is 0.255. The summed E-state index contributed by atoms with van der Waals surface area (Å²) in [5.74, 6) is 1.83. The second kappa shape index (κ2) is 11.6. The van der Waals surface area contributed by atoms with Crippen LogP contribution in [0, 0.1) is 0 Å². The Balaban J connectivity index is 0.00000338. The fourth-order valence-electron chi connectivity index (χ4n) is 3.07. The van der Waals surface area contributed by atoms with Crippen LogP contribution in [0.15, 0.2) is 29.3 Å². The van der Waals surface area contributed by atoms with E-state index in [2.05, 4.69) is 43.5 Å². The Morgan fingerprint density at radius 3 is 2.77 bits per heavy atom. The Bertz CT molecular complexity index is 564. The number of nitrogens with one attached hydrogen (secondary N) is 2. The zero-order valence-corrected chi connectivity index (χ0v) is 18.8. The molecule has 0 aromatic heterocycles. The predicted molar refractivity (Wildman–Crippen MR) is 119 cm³/mol. The first-order chi connectivity index (χ1) is 12.1. The Hall–Kier alpha value is -1.02. The number of rotatable bonds is 8. The van der Waals surface area contributed by atoms with E-state index in [1.165, 1.54) is 5.56 Å². The van der Waals surface area contributed by atoms with Crippen molar-refractivity contribution in [1.82, 2.24) is 10.6 Å². The lowest BCUT2D eigenvalue weighted by molar-refractivity contribution is 0.0694. The van der Waals surface area contributed by atoms with Crippen molar-refractivity contribution in [3.05, 3.63) is 29.8 Å². The molecule has 1 unspecified atom stereocenters. The van der Waals surface area contributed by atoms with Crippen molar-refractivity contribution >= 4 is 29.9 Å². The van der Waals surface area contributed by atoms with E-state index >= 15 is 0 Å². The first-order valence-electron chi connectivity index (χ1n) is 9.46. The third kappa shape index (κ3) is 7.31. The molecule has 1 atom stereocenters. The molecule has 0 spiro atoms. The molecule has 1 aromatic rings. The molecular weight excluding hydrogens is 441 g/mol. The van der Waals surface area contributed by atoms with Crippen molar-refractivity contribution in [3.8, 4) is 5.75 Å². The van der Waals surface area contributed by atoms with E-state index in [1.54, 1.807) is 0 Å². The molecule has 0 radical (unpaired) electrons. The third-order valence-electron chi connectivity index (χ3n) is 4.20. The van der Waals surface area contributed by atoms with Gasteiger partial charge in [-0.2, -0.15) is 0 Å². The van der Waals surface area contributed by atoms with Crippen LogP contribution in [0.1, 0.15) is 58.6 Å². The van der Waals surface area contributed by atoms with Gasteiger partial charge in [0.1, 0.15) is 11.4 Å². The van der Waals surface area contributed by atoms with Crippen LogP contribution in [0.3, 0.4) is 0 Å². The minimum Gasteiger partial charge on any atom is -0.487 e. The second-order valence-corrected chi connectivity index (χ2v) is 6.97. The molecule has 0 aliphatic carbocycles.